The lowest BCUT2D eigenvalue weighted by Gasteiger charge is -2.34. The zero-order valence-electron chi connectivity index (χ0n) is 17.9. The van der Waals surface area contributed by atoms with Crippen LogP contribution in [-0.4, -0.2) is 43.3 Å². The molecule has 0 amide bonds. The lowest BCUT2D eigenvalue weighted by atomic mass is 9.85. The highest BCUT2D eigenvalue weighted by Crippen LogP contribution is 2.44. The SMILES string of the molecule is CC(C)(Oc1cc(C(=O)OCCS(=O)(=O)O)ccc1OC(F)(F)F)C1CCc2ccccc21. The Kier molecular flexibility index (Phi) is 6.94. The van der Waals surface area contributed by atoms with Crippen LogP contribution < -0.4 is 9.47 Å². The van der Waals surface area contributed by atoms with Crippen molar-refractivity contribution in [3.8, 4) is 11.5 Å². The minimum Gasteiger partial charge on any atom is -0.483 e. The molecule has 1 aliphatic rings. The quantitative estimate of drug-likeness (QED) is 0.431. The van der Waals surface area contributed by atoms with E-state index in [1.807, 2.05) is 24.3 Å². The third-order valence-electron chi connectivity index (χ3n) is 5.32. The van der Waals surface area contributed by atoms with Gasteiger partial charge < -0.3 is 14.2 Å². The summed E-state index contributed by atoms with van der Waals surface area (Å²) in [5, 5.41) is 0. The molecule has 1 unspecified atom stereocenters. The fourth-order valence-electron chi connectivity index (χ4n) is 3.88. The number of halogens is 3. The molecular weight excluding hydrogens is 465 g/mol. The van der Waals surface area contributed by atoms with Gasteiger partial charge >= 0.3 is 12.3 Å². The Balaban J connectivity index is 1.87. The second-order valence-corrected chi connectivity index (χ2v) is 9.70. The molecule has 0 saturated heterocycles. The smallest absolute Gasteiger partial charge is 0.483 e. The summed E-state index contributed by atoms with van der Waals surface area (Å²) in [6, 6.07) is 10.8. The normalized spacial score (nSPS) is 16.2. The molecular formula is C22H23F3O7S. The number of ether oxygens (including phenoxy) is 3. The number of rotatable bonds is 8. The van der Waals surface area contributed by atoms with Crippen LogP contribution in [0, 0.1) is 0 Å². The van der Waals surface area contributed by atoms with Crippen molar-refractivity contribution < 1.29 is 45.1 Å². The van der Waals surface area contributed by atoms with Crippen molar-refractivity contribution in [3.05, 3.63) is 59.2 Å². The monoisotopic (exact) mass is 488 g/mol. The number of aryl methyl sites for hydroxylation is 1. The third-order valence-corrected chi connectivity index (χ3v) is 6.01. The summed E-state index contributed by atoms with van der Waals surface area (Å²) in [6.07, 6.45) is -3.45. The summed E-state index contributed by atoms with van der Waals surface area (Å²) >= 11 is 0. The Labute approximate surface area is 189 Å². The highest BCUT2D eigenvalue weighted by atomic mass is 32.2. The van der Waals surface area contributed by atoms with Gasteiger partial charge in [-0.25, -0.2) is 4.79 Å². The Morgan fingerprint density at radius 3 is 2.45 bits per heavy atom. The number of carbonyl (C=O) groups is 1. The van der Waals surface area contributed by atoms with Gasteiger partial charge in [0.05, 0.1) is 5.56 Å². The molecule has 180 valence electrons. The average Bonchev–Trinajstić information content (AvgIpc) is 3.12. The van der Waals surface area contributed by atoms with E-state index in [1.54, 1.807) is 13.8 Å². The Morgan fingerprint density at radius 1 is 1.09 bits per heavy atom. The molecule has 0 fully saturated rings. The minimum atomic E-state index is -4.99. The number of esters is 1. The Morgan fingerprint density at radius 2 is 1.79 bits per heavy atom. The molecule has 7 nitrogen and oxygen atoms in total. The number of carbonyl (C=O) groups excluding carboxylic acids is 1. The summed E-state index contributed by atoms with van der Waals surface area (Å²) in [5.41, 5.74) is 1.06. The molecule has 0 heterocycles. The first-order chi connectivity index (χ1) is 15.3. The van der Waals surface area contributed by atoms with Crippen molar-refractivity contribution in [2.75, 3.05) is 12.4 Å². The van der Waals surface area contributed by atoms with E-state index < -0.39 is 46.2 Å². The lowest BCUT2D eigenvalue weighted by Crippen LogP contribution is -2.35. The summed E-state index contributed by atoms with van der Waals surface area (Å²) in [5.74, 6) is -2.86. The van der Waals surface area contributed by atoms with Gasteiger partial charge in [0.1, 0.15) is 18.0 Å². The number of alkyl halides is 3. The van der Waals surface area contributed by atoms with Gasteiger partial charge in [-0.05, 0) is 56.0 Å². The first kappa shape index (κ1) is 24.8. The van der Waals surface area contributed by atoms with Gasteiger partial charge in [-0.2, -0.15) is 8.42 Å². The van der Waals surface area contributed by atoms with Crippen LogP contribution in [0.2, 0.25) is 0 Å². The second-order valence-electron chi connectivity index (χ2n) is 8.13. The maximum atomic E-state index is 12.9. The second kappa shape index (κ2) is 9.22. The van der Waals surface area contributed by atoms with E-state index in [1.165, 1.54) is 0 Å². The molecule has 0 aliphatic heterocycles. The van der Waals surface area contributed by atoms with E-state index >= 15 is 0 Å². The van der Waals surface area contributed by atoms with E-state index in [0.29, 0.717) is 0 Å². The van der Waals surface area contributed by atoms with Gasteiger partial charge in [-0.1, -0.05) is 24.3 Å². The van der Waals surface area contributed by atoms with Crippen LogP contribution in [0.4, 0.5) is 13.2 Å². The number of fused-ring (bicyclic) bond motifs is 1. The van der Waals surface area contributed by atoms with Crippen molar-refractivity contribution in [3.63, 3.8) is 0 Å². The highest BCUT2D eigenvalue weighted by molar-refractivity contribution is 7.85. The van der Waals surface area contributed by atoms with E-state index in [4.69, 9.17) is 14.0 Å². The minimum absolute atomic E-state index is 0.113. The summed E-state index contributed by atoms with van der Waals surface area (Å²) < 4.78 is 84.0. The molecule has 1 N–H and O–H groups in total. The summed E-state index contributed by atoms with van der Waals surface area (Å²) in [7, 11) is -4.34. The van der Waals surface area contributed by atoms with Crippen LogP contribution in [0.1, 0.15) is 47.7 Å². The van der Waals surface area contributed by atoms with Crippen LogP contribution in [0.5, 0.6) is 11.5 Å². The fraction of sp³-hybridized carbons (Fsp3) is 0.409. The van der Waals surface area contributed by atoms with Gasteiger partial charge in [0.2, 0.25) is 0 Å². The largest absolute Gasteiger partial charge is 0.573 e. The van der Waals surface area contributed by atoms with Gasteiger partial charge in [-0.3, -0.25) is 4.55 Å². The maximum absolute atomic E-state index is 12.9. The van der Waals surface area contributed by atoms with Gasteiger partial charge in [0.15, 0.2) is 11.5 Å². The molecule has 1 aliphatic carbocycles. The highest BCUT2D eigenvalue weighted by Gasteiger charge is 2.39. The molecule has 3 rings (SSSR count). The van der Waals surface area contributed by atoms with E-state index in [-0.39, 0.29) is 17.2 Å². The van der Waals surface area contributed by atoms with Crippen molar-refractivity contribution in [1.82, 2.24) is 0 Å². The van der Waals surface area contributed by atoms with Crippen LogP contribution in [0.25, 0.3) is 0 Å². The number of hydrogen-bond donors (Lipinski definition) is 1. The molecule has 2 aromatic carbocycles. The van der Waals surface area contributed by atoms with Crippen LogP contribution in [0.3, 0.4) is 0 Å². The predicted molar refractivity (Wildman–Crippen MR) is 112 cm³/mol. The molecule has 2 aromatic rings. The number of hydrogen-bond acceptors (Lipinski definition) is 6. The van der Waals surface area contributed by atoms with Crippen molar-refractivity contribution >= 4 is 16.1 Å². The Bertz CT molecular complexity index is 1130. The molecule has 0 aromatic heterocycles. The molecule has 0 bridgehead atoms. The topological polar surface area (TPSA) is 99.1 Å². The summed E-state index contributed by atoms with van der Waals surface area (Å²) in [6.45, 7) is 2.86. The van der Waals surface area contributed by atoms with E-state index in [9.17, 15) is 26.4 Å². The van der Waals surface area contributed by atoms with Crippen molar-refractivity contribution in [1.29, 1.82) is 0 Å². The average molecular weight is 488 g/mol. The first-order valence-corrected chi connectivity index (χ1v) is 11.6. The first-order valence-electron chi connectivity index (χ1n) is 10.0. The zero-order valence-corrected chi connectivity index (χ0v) is 18.7. The van der Waals surface area contributed by atoms with Gasteiger partial charge in [0, 0.05) is 5.92 Å². The maximum Gasteiger partial charge on any atom is 0.573 e. The third kappa shape index (κ3) is 6.61. The lowest BCUT2D eigenvalue weighted by molar-refractivity contribution is -0.275. The standard InChI is InChI=1S/C22H23F3O7S/c1-21(2,17-9-7-14-5-3-4-6-16(14)17)31-19-13-15(8-10-18(19)32-22(23,24)25)20(26)30-11-12-33(27,28)29/h3-6,8,10,13,17H,7,9,11-12H2,1-2H3,(H,27,28,29). The van der Waals surface area contributed by atoms with E-state index in [0.717, 1.165) is 42.2 Å². The van der Waals surface area contributed by atoms with Crippen LogP contribution in [-0.2, 0) is 21.3 Å². The van der Waals surface area contributed by atoms with Gasteiger partial charge in [0.25, 0.3) is 10.1 Å². The van der Waals surface area contributed by atoms with E-state index in [2.05, 4.69) is 4.74 Å². The Hall–Kier alpha value is -2.79. The van der Waals surface area contributed by atoms with Crippen molar-refractivity contribution in [2.24, 2.45) is 0 Å². The van der Waals surface area contributed by atoms with Gasteiger partial charge in [-0.15, -0.1) is 13.2 Å². The molecule has 0 spiro atoms. The van der Waals surface area contributed by atoms with Crippen LogP contribution >= 0.6 is 0 Å². The number of benzene rings is 2. The predicted octanol–water partition coefficient (Wildman–Crippen LogP) is 4.52. The summed E-state index contributed by atoms with van der Waals surface area (Å²) in [4.78, 5) is 12.2. The zero-order chi connectivity index (χ0) is 24.4. The fourth-order valence-corrected chi connectivity index (χ4v) is 4.17. The molecule has 0 saturated carbocycles. The molecule has 1 atom stereocenters. The molecule has 11 heteroatoms. The van der Waals surface area contributed by atoms with Crippen LogP contribution in [0.15, 0.2) is 42.5 Å². The van der Waals surface area contributed by atoms with Crippen molar-refractivity contribution in [2.45, 2.75) is 44.6 Å². The molecule has 33 heavy (non-hydrogen) atoms. The molecule has 0 radical (unpaired) electrons.